The van der Waals surface area contributed by atoms with E-state index in [0.717, 1.165) is 93.0 Å². The van der Waals surface area contributed by atoms with Crippen molar-refractivity contribution in [2.75, 3.05) is 5.32 Å². The van der Waals surface area contributed by atoms with Crippen molar-refractivity contribution in [3.05, 3.63) is 110 Å². The number of nitrogens with one attached hydrogen (secondary N) is 2. The largest absolute Gasteiger partial charge is 0.382 e. The van der Waals surface area contributed by atoms with Gasteiger partial charge < -0.3 is 20.6 Å². The molecule has 3 aromatic heterocycles. The van der Waals surface area contributed by atoms with E-state index in [4.69, 9.17) is 16.6 Å². The fourth-order valence-electron chi connectivity index (χ4n) is 8.58. The number of hydrogen-bond donors (Lipinski definition) is 3. The number of aryl methyl sites for hydroxylation is 1. The molecular weight excluding hydrogens is 746 g/mol. The number of carbonyl (C=O) groups is 2. The average molecular weight is 788 g/mol. The van der Waals surface area contributed by atoms with E-state index in [9.17, 15) is 14.7 Å². The van der Waals surface area contributed by atoms with Crippen molar-refractivity contribution in [1.29, 1.82) is 0 Å². The molecule has 3 aliphatic heterocycles. The molecule has 2 aromatic carbocycles. The van der Waals surface area contributed by atoms with Gasteiger partial charge in [-0.3, -0.25) is 23.8 Å². The minimum atomic E-state index is -1.05. The van der Waals surface area contributed by atoms with Crippen LogP contribution in [0.3, 0.4) is 0 Å². The van der Waals surface area contributed by atoms with Crippen molar-refractivity contribution in [3.63, 3.8) is 0 Å². The van der Waals surface area contributed by atoms with Gasteiger partial charge in [-0.1, -0.05) is 41.6 Å². The lowest BCUT2D eigenvalue weighted by Gasteiger charge is -2.35. The second-order valence-electron chi connectivity index (χ2n) is 15.3. The Morgan fingerprint density at radius 3 is 2.62 bits per heavy atom. The van der Waals surface area contributed by atoms with Crippen LogP contribution in [0.2, 0.25) is 5.02 Å². The van der Waals surface area contributed by atoms with Crippen LogP contribution in [0, 0.1) is 31.6 Å². The molecule has 0 spiro atoms. The normalized spacial score (nSPS) is 23.0. The van der Waals surface area contributed by atoms with Crippen LogP contribution in [0.1, 0.15) is 106 Å². The van der Waals surface area contributed by atoms with Gasteiger partial charge in [-0.15, -0.1) is 21.5 Å². The number of halogens is 1. The lowest BCUT2D eigenvalue weighted by molar-refractivity contribution is -0.129. The van der Waals surface area contributed by atoms with Crippen LogP contribution in [0.5, 0.6) is 0 Å². The minimum absolute atomic E-state index is 0.0935. The summed E-state index contributed by atoms with van der Waals surface area (Å²) in [5.41, 5.74) is 7.48. The summed E-state index contributed by atoms with van der Waals surface area (Å²) in [6.45, 7) is 7.38. The summed E-state index contributed by atoms with van der Waals surface area (Å²) in [6.07, 6.45) is 7.75. The summed E-state index contributed by atoms with van der Waals surface area (Å²) in [4.78, 5) is 32.9. The molecule has 2 fully saturated rings. The first-order valence-corrected chi connectivity index (χ1v) is 20.4. The maximum Gasteiger partial charge on any atom is 0.254 e. The predicted molar refractivity (Wildman–Crippen MR) is 215 cm³/mol. The number of amides is 2. The number of aliphatic hydroxyl groups is 1. The highest BCUT2D eigenvalue weighted by Gasteiger charge is 2.40. The second kappa shape index (κ2) is 14.7. The Labute approximate surface area is 334 Å². The summed E-state index contributed by atoms with van der Waals surface area (Å²) in [7, 11) is 0. The van der Waals surface area contributed by atoms with Crippen molar-refractivity contribution >= 4 is 46.2 Å². The Morgan fingerprint density at radius 1 is 1.04 bits per heavy atom. The van der Waals surface area contributed by atoms with Crippen LogP contribution in [0.4, 0.5) is 5.69 Å². The van der Waals surface area contributed by atoms with Gasteiger partial charge in [0.1, 0.15) is 23.1 Å². The number of piperidine rings is 1. The highest BCUT2D eigenvalue weighted by Crippen LogP contribution is 2.39. The summed E-state index contributed by atoms with van der Waals surface area (Å²) in [5.74, 6) is 8.68. The van der Waals surface area contributed by atoms with E-state index >= 15 is 0 Å². The van der Waals surface area contributed by atoms with Crippen molar-refractivity contribution in [3.8, 4) is 16.8 Å². The van der Waals surface area contributed by atoms with Gasteiger partial charge in [0, 0.05) is 64.7 Å². The summed E-state index contributed by atoms with van der Waals surface area (Å²) in [6, 6.07) is 13.3. The van der Waals surface area contributed by atoms with Crippen LogP contribution < -0.4 is 10.6 Å². The van der Waals surface area contributed by atoms with Crippen molar-refractivity contribution in [2.24, 2.45) is 10.9 Å². The number of nitrogens with zero attached hydrogens (tertiary/aromatic N) is 7. The maximum atomic E-state index is 13.3. The summed E-state index contributed by atoms with van der Waals surface area (Å²) >= 11 is 7.88. The van der Waals surface area contributed by atoms with Gasteiger partial charge in [0.05, 0.1) is 28.4 Å². The second-order valence-corrected chi connectivity index (χ2v) is 16.7. The van der Waals surface area contributed by atoms with Gasteiger partial charge in [-0.25, -0.2) is 0 Å². The van der Waals surface area contributed by atoms with Gasteiger partial charge in [0.25, 0.3) is 5.91 Å². The number of carbonyl (C=O) groups excluding carboxylic acids is 2. The van der Waals surface area contributed by atoms with Crippen molar-refractivity contribution in [1.82, 2.24) is 34.8 Å². The fraction of sp³-hybridized carbons (Fsp3) is 0.381. The molecule has 0 bridgehead atoms. The number of rotatable bonds is 6. The number of fused-ring (bicyclic) bond motifs is 4. The quantitative estimate of drug-likeness (QED) is 0.171. The molecule has 3 atom stereocenters. The lowest BCUT2D eigenvalue weighted by Crippen LogP contribution is -2.55. The molecule has 5 aromatic rings. The maximum absolute atomic E-state index is 13.3. The minimum Gasteiger partial charge on any atom is -0.382 e. The molecule has 3 N–H and O–H groups in total. The van der Waals surface area contributed by atoms with Gasteiger partial charge in [0.15, 0.2) is 5.82 Å². The molecule has 0 radical (unpaired) electrons. The van der Waals surface area contributed by atoms with Gasteiger partial charge in [0.2, 0.25) is 5.91 Å². The standard InChI is InChI=1S/C42H42ClN9O3S/c1-23-35(56-42-37(23)38(28-10-12-29(43)13-11-28)45-24(2)39-49-48-25(3)52(39)42)17-9-27-19-44-50(21-27)20-26-7-14-30(15-8-26)46-33-6-4-5-31-32(33)22-51(41(31)55)34-16-18-36(53)47-40(34)54/h4-6,10-13,19,21,24,26,30,34,40,46,54H,7-8,14-16,18,20,22H2,1-3H3,(H,47,53)/t24-,26?,30?,34?,40?/m0/s1. The SMILES string of the molecule is Cc1c(C#Cc2cnn(CC3CCC(Nc4cccc5c4CN(C4CCC(=O)NC4O)C5=O)CC3)c2)sc2c1C(c1ccc(Cl)cc1)=N[C@@H](C)c1nnc(C)n1-2. The average Bonchev–Trinajstić information content (AvgIpc) is 3.94. The van der Waals surface area contributed by atoms with Crippen LogP contribution >= 0.6 is 22.9 Å². The molecule has 14 heteroatoms. The Hall–Kier alpha value is -5.29. The molecule has 4 aliphatic rings. The van der Waals surface area contributed by atoms with E-state index in [0.29, 0.717) is 41.9 Å². The van der Waals surface area contributed by atoms with Crippen LogP contribution in [0.25, 0.3) is 5.00 Å². The zero-order valence-corrected chi connectivity index (χ0v) is 33.0. The molecule has 56 heavy (non-hydrogen) atoms. The number of benzene rings is 2. The highest BCUT2D eigenvalue weighted by molar-refractivity contribution is 7.15. The topological polar surface area (TPSA) is 143 Å². The Morgan fingerprint density at radius 2 is 1.84 bits per heavy atom. The molecule has 12 nitrogen and oxygen atoms in total. The molecule has 1 aliphatic carbocycles. The third-order valence-corrected chi connectivity index (χ3v) is 13.0. The number of anilines is 1. The number of hydrogen-bond acceptors (Lipinski definition) is 9. The first-order chi connectivity index (χ1) is 27.1. The monoisotopic (exact) mass is 787 g/mol. The molecule has 1 saturated carbocycles. The summed E-state index contributed by atoms with van der Waals surface area (Å²) < 4.78 is 4.14. The van der Waals surface area contributed by atoms with E-state index < -0.39 is 12.3 Å². The summed E-state index contributed by atoms with van der Waals surface area (Å²) in [5, 5.41) is 32.1. The Kier molecular flexibility index (Phi) is 9.51. The predicted octanol–water partition coefficient (Wildman–Crippen LogP) is 6.33. The van der Waals surface area contributed by atoms with E-state index in [2.05, 4.69) is 49.3 Å². The third-order valence-electron chi connectivity index (χ3n) is 11.6. The zero-order valence-electron chi connectivity index (χ0n) is 31.4. The van der Waals surface area contributed by atoms with Crippen molar-refractivity contribution < 1.29 is 14.7 Å². The van der Waals surface area contributed by atoms with Gasteiger partial charge >= 0.3 is 0 Å². The number of aliphatic hydroxyl groups excluding tert-OH is 1. The molecule has 2 amide bonds. The first kappa shape index (κ1) is 36.4. The molecule has 9 rings (SSSR count). The molecular formula is C42H42ClN9O3S. The molecule has 6 heterocycles. The van der Waals surface area contributed by atoms with Gasteiger partial charge in [-0.05, 0) is 88.6 Å². The smallest absolute Gasteiger partial charge is 0.254 e. The number of aromatic nitrogens is 5. The van der Waals surface area contributed by atoms with E-state index in [1.54, 1.807) is 16.2 Å². The van der Waals surface area contributed by atoms with Crippen molar-refractivity contribution in [2.45, 2.75) is 96.7 Å². The van der Waals surface area contributed by atoms with Crippen LogP contribution in [0.15, 0.2) is 59.9 Å². The molecule has 286 valence electrons. The third kappa shape index (κ3) is 6.69. The highest BCUT2D eigenvalue weighted by atomic mass is 35.5. The first-order valence-electron chi connectivity index (χ1n) is 19.2. The number of aliphatic imine (C=N–C) groups is 1. The van der Waals surface area contributed by atoms with Gasteiger partial charge in [-0.2, -0.15) is 5.10 Å². The number of thiophene rings is 1. The lowest BCUT2D eigenvalue weighted by atomic mass is 9.85. The van der Waals surface area contributed by atoms with E-state index in [1.807, 2.05) is 73.4 Å². The Bertz CT molecular complexity index is 2450. The Balaban J connectivity index is 0.858. The van der Waals surface area contributed by atoms with E-state index in [1.165, 1.54) is 0 Å². The zero-order chi connectivity index (χ0) is 38.7. The van der Waals surface area contributed by atoms with E-state index in [-0.39, 0.29) is 17.9 Å². The fourth-order valence-corrected chi connectivity index (χ4v) is 9.93. The molecule has 2 unspecified atom stereocenters. The van der Waals surface area contributed by atoms with Crippen LogP contribution in [-0.2, 0) is 17.9 Å². The van der Waals surface area contributed by atoms with Crippen LogP contribution in [-0.4, -0.2) is 70.4 Å². The molecule has 1 saturated heterocycles.